The Balaban J connectivity index is 1.06. The highest BCUT2D eigenvalue weighted by Gasteiger charge is 2.53. The number of fused-ring (bicyclic) bond motifs is 12. The highest BCUT2D eigenvalue weighted by Crippen LogP contribution is 2.59. The molecule has 0 fully saturated rings. The van der Waals surface area contributed by atoms with Gasteiger partial charge < -0.3 is 23.8 Å². The van der Waals surface area contributed by atoms with Crippen LogP contribution in [0, 0.1) is 0 Å². The van der Waals surface area contributed by atoms with Gasteiger partial charge in [0.05, 0.1) is 51.4 Å². The van der Waals surface area contributed by atoms with E-state index in [-0.39, 0.29) is 119 Å². The third-order valence-corrected chi connectivity index (χ3v) is 23.1. The molecule has 1 aromatic heterocycles. The number of benzene rings is 16. The van der Waals surface area contributed by atoms with E-state index in [1.165, 1.54) is 4.57 Å². The predicted molar refractivity (Wildman–Crippen MR) is 487 cm³/mol. The van der Waals surface area contributed by atoms with Crippen molar-refractivity contribution in [3.8, 4) is 107 Å². The van der Waals surface area contributed by atoms with E-state index in [2.05, 4.69) is 128 Å². The predicted octanol–water partition coefficient (Wildman–Crippen LogP) is 25.2. The van der Waals surface area contributed by atoms with Gasteiger partial charge in [0.25, 0.3) is 13.4 Å². The Hall–Kier alpha value is -13.4. The number of hydrogen-bond acceptors (Lipinski definition) is 4. The highest BCUT2D eigenvalue weighted by atomic mass is 16.5. The Kier molecular flexibility index (Phi) is 12.4. The topological polar surface area (TPSA) is 29.9 Å². The number of para-hydroxylation sites is 2. The van der Waals surface area contributed by atoms with Gasteiger partial charge in [-0.05, 0) is 183 Å². The molecule has 0 N–H and O–H groups in total. The van der Waals surface area contributed by atoms with E-state index in [1.54, 1.807) is 48.5 Å². The molecule has 16 aromatic carbocycles. The van der Waals surface area contributed by atoms with Gasteiger partial charge in [-0.3, -0.25) is 0 Å². The van der Waals surface area contributed by atoms with Crippen LogP contribution < -0.4 is 52.1 Å². The van der Waals surface area contributed by atoms with Crippen LogP contribution in [0.15, 0.2) is 351 Å². The molecule has 7 heteroatoms. The molecular weight excluding hydrogens is 1390 g/mol. The molecule has 0 bridgehead atoms. The summed E-state index contributed by atoms with van der Waals surface area (Å²) >= 11 is 0. The van der Waals surface area contributed by atoms with Crippen molar-refractivity contribution in [1.29, 1.82) is 0 Å². The maximum atomic E-state index is 12.2. The number of aromatic nitrogens is 1. The van der Waals surface area contributed by atoms with Crippen molar-refractivity contribution >= 4 is 102 Å². The molecule has 0 atom stereocenters. The van der Waals surface area contributed by atoms with Crippen molar-refractivity contribution in [3.63, 3.8) is 0 Å². The van der Waals surface area contributed by atoms with Crippen LogP contribution in [0.4, 0.5) is 34.1 Å². The lowest BCUT2D eigenvalue weighted by molar-refractivity contribution is 0.468. The fraction of sp³-hybridized carbons (Fsp3) is 0.111. The minimum Gasteiger partial charge on any atom is -0.459 e. The third-order valence-electron chi connectivity index (χ3n) is 23.1. The molecule has 0 spiro atoms. The average molecular weight is 1500 g/mol. The molecule has 0 unspecified atom stereocenters. The van der Waals surface area contributed by atoms with Gasteiger partial charge in [0, 0.05) is 66.8 Å². The van der Waals surface area contributed by atoms with Gasteiger partial charge in [-0.15, -0.1) is 0 Å². The van der Waals surface area contributed by atoms with Crippen LogP contribution in [0.5, 0.6) is 23.0 Å². The van der Waals surface area contributed by atoms with E-state index in [9.17, 15) is 23.3 Å². The molecule has 115 heavy (non-hydrogen) atoms. The quantitative estimate of drug-likeness (QED) is 0.128. The fourth-order valence-electron chi connectivity index (χ4n) is 17.5. The minimum atomic E-state index is -1.50. The van der Waals surface area contributed by atoms with E-state index in [4.69, 9.17) is 9.47 Å². The summed E-state index contributed by atoms with van der Waals surface area (Å²) in [5, 5.41) is -0.616. The van der Waals surface area contributed by atoms with E-state index >= 15 is 0 Å². The molecule has 0 saturated carbocycles. The second-order valence-corrected chi connectivity index (χ2v) is 33.3. The van der Waals surface area contributed by atoms with Gasteiger partial charge in [0.15, 0.2) is 0 Å². The lowest BCUT2D eigenvalue weighted by Crippen LogP contribution is -2.65. The van der Waals surface area contributed by atoms with Crippen molar-refractivity contribution in [2.45, 2.75) is 78.6 Å². The van der Waals surface area contributed by atoms with Crippen LogP contribution in [0.2, 0.25) is 0 Å². The summed E-state index contributed by atoms with van der Waals surface area (Å²) in [6, 6.07) is 71.5. The monoisotopic (exact) mass is 1490 g/mol. The maximum Gasteiger partial charge on any atom is 0.260 e. The number of ether oxygens (including phenoxy) is 2. The first-order chi connectivity index (χ1) is 63.1. The molecule has 21 rings (SSSR count). The van der Waals surface area contributed by atoms with E-state index in [0.29, 0.717) is 67.3 Å². The molecular formula is C108H85B2N3O2. The first-order valence-corrected chi connectivity index (χ1v) is 39.1. The number of rotatable bonds is 10. The first-order valence-electron chi connectivity index (χ1n) is 47.6. The van der Waals surface area contributed by atoms with Crippen molar-refractivity contribution < 1.29 is 32.8 Å². The molecule has 17 aromatic rings. The van der Waals surface area contributed by atoms with Crippen LogP contribution >= 0.6 is 0 Å². The molecule has 0 radical (unpaired) electrons. The van der Waals surface area contributed by atoms with Gasteiger partial charge >= 0.3 is 0 Å². The first kappa shape index (κ1) is 53.6. The van der Waals surface area contributed by atoms with Gasteiger partial charge in [-0.2, -0.15) is 0 Å². The summed E-state index contributed by atoms with van der Waals surface area (Å²) in [6.07, 6.45) is 0. The standard InChI is InChI=1S/C108H85B2N3O2/c1-106(2,3)77-61-83(70-39-21-12-22-40-70)101(84(62-77)71-41-23-13-24-42-71)112-92-67-80(111-90-51-33-31-49-81(90)82-50-32-34-52-91(82)111)55-56-87(92)110-98-93(112)65-79(108(7,8)9)66-94(98)113(102-85(72-43-25-14-26-44-72)63-78(107(4,5)6)64-86(102)73-45-27-15-28-46-73)103-97(74-47-29-16-30-48-74)104-100-105(99(103)110)115-96-58-54-76(69-37-19-11-20-38-69)60-89(96)109(100)88-59-75(53-57-95(88)114-104)68-35-17-10-18-36-68/h10-67H,1-9H3/i31D,32D,33D,34D,49D,50D,51D,52D,53D,54D,55D,56D,57D,58D,59D,60D,67D. The lowest BCUT2D eigenvalue weighted by atomic mass is 9.30. The number of nitrogens with zero attached hydrogens (tertiary/aromatic N) is 3. The van der Waals surface area contributed by atoms with Crippen LogP contribution in [-0.2, 0) is 16.2 Å². The van der Waals surface area contributed by atoms with Crippen LogP contribution in [-0.4, -0.2) is 18.0 Å². The second-order valence-electron chi connectivity index (χ2n) is 33.3. The Bertz CT molecular complexity index is 7590. The van der Waals surface area contributed by atoms with Crippen molar-refractivity contribution in [3.05, 3.63) is 368 Å². The van der Waals surface area contributed by atoms with Crippen LogP contribution in [0.25, 0.3) is 105 Å². The molecule has 5 heterocycles. The zero-order chi connectivity index (χ0) is 92.5. The second kappa shape index (κ2) is 26.7. The van der Waals surface area contributed by atoms with E-state index in [1.807, 2.05) is 144 Å². The number of anilines is 6. The van der Waals surface area contributed by atoms with Crippen molar-refractivity contribution in [2.24, 2.45) is 0 Å². The molecule has 5 nitrogen and oxygen atoms in total. The summed E-state index contributed by atoms with van der Waals surface area (Å²) < 4.78 is 194. The normalized spacial score (nSPS) is 15.2. The summed E-state index contributed by atoms with van der Waals surface area (Å²) in [6.45, 7) is 16.4. The zero-order valence-corrected chi connectivity index (χ0v) is 65.0. The summed E-state index contributed by atoms with van der Waals surface area (Å²) in [4.78, 5) is 4.29. The molecule has 0 saturated heterocycles. The summed E-state index contributed by atoms with van der Waals surface area (Å²) in [5.41, 5.74) is 10.7. The van der Waals surface area contributed by atoms with Gasteiger partial charge in [-0.1, -0.05) is 341 Å². The highest BCUT2D eigenvalue weighted by molar-refractivity contribution is 7.03. The Morgan fingerprint density at radius 2 is 0.670 bits per heavy atom. The van der Waals surface area contributed by atoms with E-state index in [0.717, 1.165) is 50.1 Å². The molecule has 4 aliphatic rings. The largest absolute Gasteiger partial charge is 0.459 e. The Morgan fingerprint density at radius 1 is 0.296 bits per heavy atom. The maximum absolute atomic E-state index is 12.2. The SMILES string of the molecule is [2H]c1c([2H])c(-c2ccccc2)c([2H])c2c1Oc1c3c(c(-c4ccccc4)c4c1B1c5c(cc(C(C)(C)C)cc5N4c4c(-c5ccccc5)cc(C(C)(C)C)cc4-c4ccccc4)N(c4c(-c5ccccc5)cc(C(C)(C)C)cc4-c4ccccc4)c4c([2H])c(-n5c6c([2H])c([2H])c([2H])c([2H])c6c6c([2H])c([2H])c([2H])c([2H])c65)c([2H])c([2H])c41)Oc1c([2H])c([2H])c(-c4ccccc4)c([2H])c1B23. The Morgan fingerprint density at radius 3 is 1.10 bits per heavy atom. The van der Waals surface area contributed by atoms with Gasteiger partial charge in [0.2, 0.25) is 0 Å². The fourth-order valence-corrected chi connectivity index (χ4v) is 17.5. The van der Waals surface area contributed by atoms with Crippen LogP contribution in [0.1, 0.15) is 102 Å². The van der Waals surface area contributed by atoms with E-state index < -0.39 is 108 Å². The van der Waals surface area contributed by atoms with Gasteiger partial charge in [0.1, 0.15) is 23.0 Å². The average Bonchev–Trinajstić information content (AvgIpc) is 0.819. The van der Waals surface area contributed by atoms with Crippen molar-refractivity contribution in [2.75, 3.05) is 9.80 Å². The lowest BCUT2D eigenvalue weighted by Gasteiger charge is -2.49. The molecule has 4 aliphatic heterocycles. The van der Waals surface area contributed by atoms with Gasteiger partial charge in [-0.25, -0.2) is 0 Å². The molecule has 0 aliphatic carbocycles. The van der Waals surface area contributed by atoms with Crippen LogP contribution in [0.3, 0.4) is 0 Å². The molecule has 0 amide bonds. The number of hydrogen-bond donors (Lipinski definition) is 0. The Labute approximate surface area is 699 Å². The zero-order valence-electron chi connectivity index (χ0n) is 82.0. The summed E-state index contributed by atoms with van der Waals surface area (Å²) in [7, 11) is 0. The van der Waals surface area contributed by atoms with Crippen molar-refractivity contribution in [1.82, 2.24) is 4.57 Å². The summed E-state index contributed by atoms with van der Waals surface area (Å²) in [5.74, 6) is -0.369. The minimum absolute atomic E-state index is 0.00931. The third kappa shape index (κ3) is 11.4. The smallest absolute Gasteiger partial charge is 0.260 e. The molecule has 550 valence electrons.